The summed E-state index contributed by atoms with van der Waals surface area (Å²) in [4.78, 5) is 43.6. The maximum absolute atomic E-state index is 13.7. The van der Waals surface area contributed by atoms with Crippen molar-refractivity contribution in [1.29, 1.82) is 0 Å². The molecule has 2 aromatic carbocycles. The number of ether oxygens (including phenoxy) is 2. The molecule has 0 aliphatic carbocycles. The Labute approximate surface area is 207 Å². The highest BCUT2D eigenvalue weighted by molar-refractivity contribution is 6.11. The Balaban J connectivity index is 1.33. The fourth-order valence-corrected chi connectivity index (χ4v) is 4.54. The number of nitrogens with zero attached hydrogens (tertiary/aromatic N) is 3. The smallest absolute Gasteiger partial charge is 0.253 e. The molecule has 9 heteroatoms. The average Bonchev–Trinajstić information content (AvgIpc) is 3.35. The highest BCUT2D eigenvalue weighted by atomic mass is 19.1. The van der Waals surface area contributed by atoms with Crippen LogP contribution in [0.25, 0.3) is 0 Å². The number of carbonyl (C=O) groups is 2. The van der Waals surface area contributed by atoms with Gasteiger partial charge < -0.3 is 14.4 Å². The van der Waals surface area contributed by atoms with Gasteiger partial charge in [0.2, 0.25) is 6.79 Å². The van der Waals surface area contributed by atoms with Gasteiger partial charge in [-0.2, -0.15) is 0 Å². The van der Waals surface area contributed by atoms with Gasteiger partial charge in [0.15, 0.2) is 23.3 Å². The Morgan fingerprint density at radius 3 is 2.42 bits per heavy atom. The van der Waals surface area contributed by atoms with Gasteiger partial charge in [-0.1, -0.05) is 12.1 Å². The van der Waals surface area contributed by atoms with Crippen molar-refractivity contribution in [2.45, 2.75) is 19.5 Å². The van der Waals surface area contributed by atoms with Gasteiger partial charge in [-0.15, -0.1) is 0 Å². The molecule has 0 N–H and O–H groups in total. The molecule has 1 aromatic heterocycles. The molecule has 0 saturated carbocycles. The molecule has 3 aromatic rings. The number of pyridine rings is 1. The molecule has 1 amide bonds. The fourth-order valence-electron chi connectivity index (χ4n) is 4.54. The van der Waals surface area contributed by atoms with Crippen LogP contribution in [-0.2, 0) is 11.3 Å². The number of Topliss-reactive ketones (excluding diaryl/α,β-unsaturated/α-hetero) is 1. The molecule has 0 radical (unpaired) electrons. The van der Waals surface area contributed by atoms with Gasteiger partial charge >= 0.3 is 0 Å². The second-order valence-electron chi connectivity index (χ2n) is 9.01. The number of hydrogen-bond acceptors (Lipinski definition) is 6. The van der Waals surface area contributed by atoms with Crippen molar-refractivity contribution >= 4 is 11.7 Å². The third kappa shape index (κ3) is 4.87. The number of benzene rings is 2. The third-order valence-electron chi connectivity index (χ3n) is 6.50. The van der Waals surface area contributed by atoms with E-state index in [2.05, 4.69) is 4.90 Å². The molecule has 0 unspecified atom stereocenters. The molecular formula is C27H26FN3O5. The van der Waals surface area contributed by atoms with E-state index in [1.54, 1.807) is 17.9 Å². The number of piperazine rings is 1. The van der Waals surface area contributed by atoms with Crippen molar-refractivity contribution in [2.24, 2.45) is 0 Å². The topological polar surface area (TPSA) is 81.1 Å². The molecule has 186 valence electrons. The molecule has 1 saturated heterocycles. The minimum Gasteiger partial charge on any atom is -0.454 e. The van der Waals surface area contributed by atoms with Crippen molar-refractivity contribution in [1.82, 2.24) is 14.4 Å². The van der Waals surface area contributed by atoms with Gasteiger partial charge in [0.1, 0.15) is 5.82 Å². The summed E-state index contributed by atoms with van der Waals surface area (Å²) >= 11 is 0. The molecule has 3 heterocycles. The molecule has 1 fully saturated rings. The minimum absolute atomic E-state index is 0.171. The van der Waals surface area contributed by atoms with Crippen LogP contribution in [0, 0.1) is 12.7 Å². The van der Waals surface area contributed by atoms with Crippen LogP contribution >= 0.6 is 0 Å². The number of rotatable bonds is 6. The van der Waals surface area contributed by atoms with Crippen LogP contribution in [0.4, 0.5) is 4.39 Å². The van der Waals surface area contributed by atoms with E-state index >= 15 is 0 Å². The van der Waals surface area contributed by atoms with Crippen LogP contribution < -0.4 is 15.0 Å². The largest absolute Gasteiger partial charge is 0.454 e. The Bertz CT molecular complexity index is 1350. The predicted molar refractivity (Wildman–Crippen MR) is 130 cm³/mol. The number of carbonyl (C=O) groups excluding carboxylic acids is 2. The Morgan fingerprint density at radius 1 is 0.944 bits per heavy atom. The molecular weight excluding hydrogens is 465 g/mol. The second-order valence-corrected chi connectivity index (χ2v) is 9.01. The highest BCUT2D eigenvalue weighted by Gasteiger charge is 2.35. The average molecular weight is 492 g/mol. The van der Waals surface area contributed by atoms with Gasteiger partial charge in [-0.3, -0.25) is 23.9 Å². The van der Waals surface area contributed by atoms with E-state index in [9.17, 15) is 18.8 Å². The van der Waals surface area contributed by atoms with Crippen molar-refractivity contribution < 1.29 is 23.5 Å². The lowest BCUT2D eigenvalue weighted by atomic mass is 10.0. The maximum atomic E-state index is 13.7. The molecule has 2 aliphatic heterocycles. The normalized spacial score (nSPS) is 16.1. The first kappa shape index (κ1) is 23.7. The summed E-state index contributed by atoms with van der Waals surface area (Å²) in [7, 11) is 0. The van der Waals surface area contributed by atoms with Crippen LogP contribution in [0.15, 0.2) is 65.6 Å². The van der Waals surface area contributed by atoms with Gasteiger partial charge in [0, 0.05) is 50.6 Å². The summed E-state index contributed by atoms with van der Waals surface area (Å²) in [6, 6.07) is 12.5. The van der Waals surface area contributed by atoms with Crippen LogP contribution in [-0.4, -0.2) is 59.0 Å². The second kappa shape index (κ2) is 9.94. The van der Waals surface area contributed by atoms with Gasteiger partial charge in [-0.25, -0.2) is 4.39 Å². The van der Waals surface area contributed by atoms with E-state index in [1.807, 2.05) is 18.2 Å². The summed E-state index contributed by atoms with van der Waals surface area (Å²) in [5.41, 5.74) is 1.54. The van der Waals surface area contributed by atoms with E-state index in [1.165, 1.54) is 41.1 Å². The first-order valence-corrected chi connectivity index (χ1v) is 11.8. The lowest BCUT2D eigenvalue weighted by Gasteiger charge is -2.36. The third-order valence-corrected chi connectivity index (χ3v) is 6.50. The number of aryl methyl sites for hydroxylation is 1. The molecule has 5 rings (SSSR count). The molecule has 2 aliphatic rings. The van der Waals surface area contributed by atoms with Crippen molar-refractivity contribution in [3.63, 3.8) is 0 Å². The standard InChI is InChI=1S/C27H26FN3O5/c1-18-2-9-24(32)31(15-18)25(26(33)20-4-6-21(28)7-5-20)27(34)30-12-10-29(11-13-30)16-19-3-8-22-23(14-19)36-17-35-22/h2-9,14-15,25H,10-13,16-17H2,1H3/t25-/m0/s1. The number of amides is 1. The summed E-state index contributed by atoms with van der Waals surface area (Å²) in [5.74, 6) is -0.0135. The summed E-state index contributed by atoms with van der Waals surface area (Å²) in [6.07, 6.45) is 1.52. The number of aromatic nitrogens is 1. The zero-order valence-corrected chi connectivity index (χ0v) is 19.9. The van der Waals surface area contributed by atoms with Crippen molar-refractivity contribution in [3.8, 4) is 11.5 Å². The maximum Gasteiger partial charge on any atom is 0.253 e. The van der Waals surface area contributed by atoms with Crippen molar-refractivity contribution in [3.05, 3.63) is 93.7 Å². The van der Waals surface area contributed by atoms with E-state index < -0.39 is 29.1 Å². The van der Waals surface area contributed by atoms with Crippen LogP contribution in [0.3, 0.4) is 0 Å². The van der Waals surface area contributed by atoms with Crippen LogP contribution in [0.5, 0.6) is 11.5 Å². The van der Waals surface area contributed by atoms with Gasteiger partial charge in [0.05, 0.1) is 0 Å². The molecule has 0 bridgehead atoms. The monoisotopic (exact) mass is 491 g/mol. The molecule has 0 spiro atoms. The minimum atomic E-state index is -1.36. The number of ketones is 1. The van der Waals surface area contributed by atoms with Gasteiger partial charge in [0.25, 0.3) is 11.5 Å². The van der Waals surface area contributed by atoms with Crippen LogP contribution in [0.1, 0.15) is 27.5 Å². The quantitative estimate of drug-likeness (QED) is 0.390. The molecule has 8 nitrogen and oxygen atoms in total. The molecule has 1 atom stereocenters. The van der Waals surface area contributed by atoms with E-state index in [0.29, 0.717) is 32.7 Å². The number of fused-ring (bicyclic) bond motifs is 1. The van der Waals surface area contributed by atoms with Crippen LogP contribution in [0.2, 0.25) is 0 Å². The first-order chi connectivity index (χ1) is 17.4. The van der Waals surface area contributed by atoms with E-state index in [4.69, 9.17) is 9.47 Å². The SMILES string of the molecule is Cc1ccc(=O)n([C@@H](C(=O)c2ccc(F)cc2)C(=O)N2CCN(Cc3ccc4c(c3)OCO4)CC2)c1. The summed E-state index contributed by atoms with van der Waals surface area (Å²) in [5, 5.41) is 0. The Hall–Kier alpha value is -3.98. The lowest BCUT2D eigenvalue weighted by Crippen LogP contribution is -2.52. The fraction of sp³-hybridized carbons (Fsp3) is 0.296. The van der Waals surface area contributed by atoms with Crippen molar-refractivity contribution in [2.75, 3.05) is 33.0 Å². The Kier molecular flexibility index (Phi) is 6.56. The Morgan fingerprint density at radius 2 is 1.67 bits per heavy atom. The number of halogens is 1. The lowest BCUT2D eigenvalue weighted by molar-refractivity contribution is -0.135. The number of hydrogen-bond donors (Lipinski definition) is 0. The molecule has 36 heavy (non-hydrogen) atoms. The highest BCUT2D eigenvalue weighted by Crippen LogP contribution is 2.33. The summed E-state index contributed by atoms with van der Waals surface area (Å²) in [6.45, 7) is 4.75. The zero-order valence-electron chi connectivity index (χ0n) is 19.9. The van der Waals surface area contributed by atoms with E-state index in [-0.39, 0.29) is 12.4 Å². The van der Waals surface area contributed by atoms with E-state index in [0.717, 1.165) is 22.6 Å². The van der Waals surface area contributed by atoms with Gasteiger partial charge in [-0.05, 0) is 54.4 Å². The first-order valence-electron chi connectivity index (χ1n) is 11.8. The predicted octanol–water partition coefficient (Wildman–Crippen LogP) is 2.79. The summed E-state index contributed by atoms with van der Waals surface area (Å²) < 4.78 is 25.4. The zero-order chi connectivity index (χ0) is 25.2.